The number of hydrogen-bond acceptors (Lipinski definition) is 4. The summed E-state index contributed by atoms with van der Waals surface area (Å²) in [6.45, 7) is 0. The molecule has 0 bridgehead atoms. The van der Waals surface area contributed by atoms with Gasteiger partial charge in [0, 0.05) is 22.9 Å². The molecule has 0 aromatic heterocycles. The highest BCUT2D eigenvalue weighted by atomic mass is 32.2. The lowest BCUT2D eigenvalue weighted by Crippen LogP contribution is -2.46. The fourth-order valence-corrected chi connectivity index (χ4v) is 4.55. The number of nitrogens with two attached hydrogens (primary N) is 1. The molecule has 3 atom stereocenters. The number of amidine groups is 1. The van der Waals surface area contributed by atoms with Crippen LogP contribution in [0.2, 0.25) is 0 Å². The van der Waals surface area contributed by atoms with E-state index in [-0.39, 0.29) is 23.9 Å². The second-order valence-electron chi connectivity index (χ2n) is 5.89. The van der Waals surface area contributed by atoms with Crippen molar-refractivity contribution in [2.75, 3.05) is 11.5 Å². The highest BCUT2D eigenvalue weighted by Crippen LogP contribution is 2.50. The van der Waals surface area contributed by atoms with Gasteiger partial charge >= 0.3 is 6.09 Å². The summed E-state index contributed by atoms with van der Waals surface area (Å²) in [5.74, 6) is -0.174. The number of aliphatic imine (C=N–C) groups is 1. The van der Waals surface area contributed by atoms with Crippen molar-refractivity contribution >= 4 is 28.7 Å². The number of nitrogens with one attached hydrogen (secondary N) is 1. The number of nitrogen functional groups attached to an aromatic ring is 1. The van der Waals surface area contributed by atoms with Gasteiger partial charge in [0.15, 0.2) is 5.17 Å². The molecule has 4 N–H and O–H groups in total. The van der Waals surface area contributed by atoms with E-state index in [1.54, 1.807) is 0 Å². The number of carbonyl (C=O) groups is 1. The zero-order valence-electron chi connectivity index (χ0n) is 12.3. The number of amides is 1. The first-order valence-corrected chi connectivity index (χ1v) is 8.31. The lowest BCUT2D eigenvalue weighted by Gasteiger charge is -2.45. The summed E-state index contributed by atoms with van der Waals surface area (Å²) in [6.07, 6.45) is -1.30. The number of thioether (sulfide) groups is 1. The number of carboxylic acid groups (broad SMARTS) is 1. The average Bonchev–Trinajstić information content (AvgIpc) is 2.49. The van der Waals surface area contributed by atoms with Crippen LogP contribution in [0.25, 0.3) is 0 Å². The molecule has 1 aliphatic heterocycles. The molecule has 0 saturated heterocycles. The minimum absolute atomic E-state index is 0.202. The van der Waals surface area contributed by atoms with Crippen molar-refractivity contribution in [1.29, 1.82) is 0 Å². The Morgan fingerprint density at radius 2 is 2.30 bits per heavy atom. The third-order valence-corrected chi connectivity index (χ3v) is 5.48. The van der Waals surface area contributed by atoms with Gasteiger partial charge in [-0.1, -0.05) is 11.8 Å². The van der Waals surface area contributed by atoms with Gasteiger partial charge in [0.25, 0.3) is 0 Å². The maximum absolute atomic E-state index is 14.4. The van der Waals surface area contributed by atoms with Gasteiger partial charge in [-0.3, -0.25) is 10.3 Å². The number of hydrogen-bond donors (Lipinski definition) is 3. The maximum Gasteiger partial charge on any atom is 0.410 e. The molecule has 1 aromatic carbocycles. The van der Waals surface area contributed by atoms with Gasteiger partial charge in [0.1, 0.15) is 12.0 Å². The molecule has 1 aromatic rings. The smallest absolute Gasteiger partial charge is 0.410 e. The van der Waals surface area contributed by atoms with E-state index in [0.29, 0.717) is 23.4 Å². The molecule has 3 rings (SSSR count). The Morgan fingerprint density at radius 1 is 1.52 bits per heavy atom. The molecule has 124 valence electrons. The molecule has 1 heterocycles. The van der Waals surface area contributed by atoms with Crippen LogP contribution in [0.5, 0.6) is 0 Å². The summed E-state index contributed by atoms with van der Waals surface area (Å²) in [5.41, 5.74) is 5.54. The van der Waals surface area contributed by atoms with Crippen molar-refractivity contribution in [2.24, 2.45) is 10.9 Å². The highest BCUT2D eigenvalue weighted by molar-refractivity contribution is 8.13. The summed E-state index contributed by atoms with van der Waals surface area (Å²) in [7, 11) is 0. The molecule has 2 aliphatic rings. The molecule has 3 unspecified atom stereocenters. The lowest BCUT2D eigenvalue weighted by molar-refractivity contribution is 0.123. The first-order valence-electron chi connectivity index (χ1n) is 7.33. The van der Waals surface area contributed by atoms with Crippen LogP contribution in [0.4, 0.5) is 19.3 Å². The van der Waals surface area contributed by atoms with Crippen molar-refractivity contribution in [2.45, 2.75) is 31.0 Å². The number of halogens is 2. The largest absolute Gasteiger partial charge is 0.465 e. The Morgan fingerprint density at radius 3 is 3.04 bits per heavy atom. The maximum atomic E-state index is 14.4. The Balaban J connectivity index is 2.10. The molecule has 8 heteroatoms. The minimum Gasteiger partial charge on any atom is -0.465 e. The van der Waals surface area contributed by atoms with Crippen molar-refractivity contribution < 1.29 is 18.7 Å². The van der Waals surface area contributed by atoms with E-state index >= 15 is 0 Å². The standard InChI is InChI=1S/C15H17F2N3O2S/c16-9-3-4-15(11-6-10(18)1-2-12(11)17)8(5-9)7-23-13(20-15)19-14(21)22/h1-2,6,8-9H,3-5,7,18H2,(H,19,20)(H,21,22). The average molecular weight is 341 g/mol. The third kappa shape index (κ3) is 2.99. The van der Waals surface area contributed by atoms with Gasteiger partial charge in [0.05, 0.1) is 5.54 Å². The number of fused-ring (bicyclic) bond motifs is 1. The number of nitrogens with zero attached hydrogens (tertiary/aromatic N) is 1. The Bertz CT molecular complexity index is 670. The van der Waals surface area contributed by atoms with Crippen LogP contribution in [-0.2, 0) is 5.54 Å². The predicted octanol–water partition coefficient (Wildman–Crippen LogP) is 3.11. The summed E-state index contributed by atoms with van der Waals surface area (Å²) in [5, 5.41) is 11.4. The highest BCUT2D eigenvalue weighted by Gasteiger charge is 2.49. The van der Waals surface area contributed by atoms with Crippen molar-refractivity contribution in [3.63, 3.8) is 0 Å². The van der Waals surface area contributed by atoms with E-state index in [2.05, 4.69) is 10.3 Å². The Hall–Kier alpha value is -1.83. The van der Waals surface area contributed by atoms with Crippen LogP contribution in [0.3, 0.4) is 0 Å². The van der Waals surface area contributed by atoms with Crippen LogP contribution in [0, 0.1) is 11.7 Å². The number of benzene rings is 1. The van der Waals surface area contributed by atoms with E-state index in [4.69, 9.17) is 10.8 Å². The van der Waals surface area contributed by atoms with Gasteiger partial charge in [-0.15, -0.1) is 0 Å². The molecule has 23 heavy (non-hydrogen) atoms. The third-order valence-electron chi connectivity index (χ3n) is 4.45. The van der Waals surface area contributed by atoms with Gasteiger partial charge in [-0.05, 0) is 37.5 Å². The van der Waals surface area contributed by atoms with Gasteiger partial charge < -0.3 is 10.8 Å². The summed E-state index contributed by atoms with van der Waals surface area (Å²) >= 11 is 1.22. The molecular weight excluding hydrogens is 324 g/mol. The number of alkyl halides is 1. The van der Waals surface area contributed by atoms with E-state index in [1.165, 1.54) is 30.0 Å². The van der Waals surface area contributed by atoms with Crippen molar-refractivity contribution in [1.82, 2.24) is 5.32 Å². The second-order valence-corrected chi connectivity index (χ2v) is 6.90. The molecule has 1 fully saturated rings. The van der Waals surface area contributed by atoms with Crippen molar-refractivity contribution in [3.8, 4) is 0 Å². The summed E-state index contributed by atoms with van der Waals surface area (Å²) in [4.78, 5) is 15.4. The fourth-order valence-electron chi connectivity index (χ4n) is 3.39. The summed E-state index contributed by atoms with van der Waals surface area (Å²) < 4.78 is 28.3. The topological polar surface area (TPSA) is 87.7 Å². The molecule has 0 radical (unpaired) electrons. The van der Waals surface area contributed by atoms with Crippen LogP contribution in [-0.4, -0.2) is 28.3 Å². The fraction of sp³-hybridized carbons (Fsp3) is 0.467. The molecule has 1 amide bonds. The van der Waals surface area contributed by atoms with Crippen LogP contribution in [0.15, 0.2) is 23.2 Å². The first-order chi connectivity index (χ1) is 10.9. The normalized spacial score (nSPS) is 30.3. The zero-order chi connectivity index (χ0) is 16.6. The van der Waals surface area contributed by atoms with Gasteiger partial charge in [0.2, 0.25) is 0 Å². The van der Waals surface area contributed by atoms with Gasteiger partial charge in [-0.25, -0.2) is 13.6 Å². The second kappa shape index (κ2) is 5.99. The number of rotatable bonds is 1. The van der Waals surface area contributed by atoms with Crippen LogP contribution in [0.1, 0.15) is 24.8 Å². The molecule has 1 saturated carbocycles. The lowest BCUT2D eigenvalue weighted by atomic mass is 9.69. The Kier molecular flexibility index (Phi) is 4.18. The van der Waals surface area contributed by atoms with Crippen molar-refractivity contribution in [3.05, 3.63) is 29.6 Å². The van der Waals surface area contributed by atoms with E-state index < -0.39 is 23.6 Å². The quantitative estimate of drug-likeness (QED) is 0.685. The van der Waals surface area contributed by atoms with Crippen LogP contribution < -0.4 is 11.1 Å². The molecule has 0 spiro atoms. The van der Waals surface area contributed by atoms with E-state index in [1.807, 2.05) is 0 Å². The SMILES string of the molecule is Nc1ccc(F)c(C23CCC(F)CC2CSC(NC(=O)O)=N3)c1. The Labute approximate surface area is 136 Å². The van der Waals surface area contributed by atoms with Gasteiger partial charge in [-0.2, -0.15) is 0 Å². The summed E-state index contributed by atoms with van der Waals surface area (Å²) in [6, 6.07) is 4.27. The monoisotopic (exact) mass is 341 g/mol. The molecule has 1 aliphatic carbocycles. The molecule has 5 nitrogen and oxygen atoms in total. The first kappa shape index (κ1) is 16.0. The number of anilines is 1. The predicted molar refractivity (Wildman–Crippen MR) is 85.8 cm³/mol. The van der Waals surface area contributed by atoms with E-state index in [9.17, 15) is 13.6 Å². The van der Waals surface area contributed by atoms with Crippen LogP contribution >= 0.6 is 11.8 Å². The minimum atomic E-state index is -1.22. The zero-order valence-corrected chi connectivity index (χ0v) is 13.1. The molecular formula is C15H17F2N3O2S. The van der Waals surface area contributed by atoms with E-state index in [0.717, 1.165) is 0 Å².